The van der Waals surface area contributed by atoms with Crippen molar-refractivity contribution in [3.8, 4) is 34.0 Å². The van der Waals surface area contributed by atoms with E-state index in [4.69, 9.17) is 9.47 Å². The van der Waals surface area contributed by atoms with Gasteiger partial charge in [-0.25, -0.2) is 4.98 Å². The van der Waals surface area contributed by atoms with E-state index >= 15 is 0 Å². The Morgan fingerprint density at radius 1 is 1.32 bits per heavy atom. The van der Waals surface area contributed by atoms with Gasteiger partial charge in [-0.05, 0) is 25.1 Å². The van der Waals surface area contributed by atoms with Crippen molar-refractivity contribution >= 4 is 11.3 Å². The van der Waals surface area contributed by atoms with Crippen LogP contribution in [0.15, 0.2) is 23.6 Å². The zero-order valence-corrected chi connectivity index (χ0v) is 12.3. The Labute approximate surface area is 129 Å². The highest BCUT2D eigenvalue weighted by Crippen LogP contribution is 2.37. The number of hydrogen-bond acceptors (Lipinski definition) is 7. The molecule has 8 heteroatoms. The zero-order valence-electron chi connectivity index (χ0n) is 11.5. The summed E-state index contributed by atoms with van der Waals surface area (Å²) in [5.41, 5.74) is 2.51. The van der Waals surface area contributed by atoms with Crippen LogP contribution in [0.1, 0.15) is 11.4 Å². The molecular weight excluding hydrogens is 302 g/mol. The lowest BCUT2D eigenvalue weighted by atomic mass is 10.1. The van der Waals surface area contributed by atoms with Crippen LogP contribution >= 0.6 is 11.3 Å². The fourth-order valence-electron chi connectivity index (χ4n) is 2.23. The van der Waals surface area contributed by atoms with E-state index in [0.717, 1.165) is 11.3 Å². The first-order valence-electron chi connectivity index (χ1n) is 6.44. The van der Waals surface area contributed by atoms with Gasteiger partial charge < -0.3 is 9.47 Å². The molecule has 22 heavy (non-hydrogen) atoms. The molecule has 0 radical (unpaired) electrons. The molecule has 0 unspecified atom stereocenters. The normalized spacial score (nSPS) is 12.4. The minimum absolute atomic E-state index is 0.201. The number of hydrogen-bond donors (Lipinski definition) is 0. The Hall–Kier alpha value is -2.92. The van der Waals surface area contributed by atoms with E-state index in [0.29, 0.717) is 22.3 Å². The highest BCUT2D eigenvalue weighted by Gasteiger charge is 2.21. The monoisotopic (exact) mass is 311 g/mol. The van der Waals surface area contributed by atoms with Crippen LogP contribution in [0.4, 0.5) is 0 Å². The molecule has 0 atom stereocenters. The lowest BCUT2D eigenvalue weighted by molar-refractivity contribution is 0.174. The summed E-state index contributed by atoms with van der Waals surface area (Å²) in [7, 11) is 0. The van der Waals surface area contributed by atoms with Crippen molar-refractivity contribution in [2.45, 2.75) is 6.92 Å². The van der Waals surface area contributed by atoms with Crippen molar-refractivity contribution in [3.63, 3.8) is 0 Å². The van der Waals surface area contributed by atoms with Gasteiger partial charge in [-0.15, -0.1) is 16.4 Å². The highest BCUT2D eigenvalue weighted by atomic mass is 32.1. The molecule has 108 valence electrons. The number of rotatable bonds is 2. The lowest BCUT2D eigenvalue weighted by Crippen LogP contribution is -1.99. The molecule has 7 nitrogen and oxygen atoms in total. The minimum Gasteiger partial charge on any atom is -0.454 e. The van der Waals surface area contributed by atoms with Gasteiger partial charge in [0.25, 0.3) is 0 Å². The molecule has 1 aliphatic heterocycles. The highest BCUT2D eigenvalue weighted by molar-refractivity contribution is 7.12. The Bertz CT molecular complexity index is 908. The average Bonchev–Trinajstić information content (AvgIpc) is 3.24. The van der Waals surface area contributed by atoms with Crippen molar-refractivity contribution in [3.05, 3.63) is 35.0 Å². The van der Waals surface area contributed by atoms with Crippen molar-refractivity contribution in [2.75, 3.05) is 6.79 Å². The molecule has 2 aromatic heterocycles. The van der Waals surface area contributed by atoms with Crippen molar-refractivity contribution in [1.29, 1.82) is 5.26 Å². The van der Waals surface area contributed by atoms with Crippen LogP contribution in [0.2, 0.25) is 0 Å². The number of fused-ring (bicyclic) bond motifs is 1. The average molecular weight is 311 g/mol. The molecule has 0 amide bonds. The van der Waals surface area contributed by atoms with Crippen molar-refractivity contribution in [2.24, 2.45) is 0 Å². The van der Waals surface area contributed by atoms with E-state index in [-0.39, 0.29) is 12.5 Å². The smallest absolute Gasteiger partial charge is 0.231 e. The molecule has 0 saturated heterocycles. The molecule has 0 fully saturated rings. The fraction of sp³-hybridized carbons (Fsp3) is 0.143. The summed E-state index contributed by atoms with van der Waals surface area (Å²) in [6.45, 7) is 2.11. The summed E-state index contributed by atoms with van der Waals surface area (Å²) in [6, 6.07) is 7.55. The molecule has 3 heterocycles. The molecular formula is C14H9N5O2S. The summed E-state index contributed by atoms with van der Waals surface area (Å²) in [5.74, 6) is 1.33. The number of benzene rings is 1. The van der Waals surface area contributed by atoms with E-state index in [2.05, 4.69) is 21.4 Å². The molecule has 0 aliphatic carbocycles. The van der Waals surface area contributed by atoms with Crippen LogP contribution in [-0.4, -0.2) is 26.8 Å². The lowest BCUT2D eigenvalue weighted by Gasteiger charge is -2.04. The van der Waals surface area contributed by atoms with Crippen LogP contribution in [0.25, 0.3) is 16.4 Å². The number of aromatic nitrogens is 4. The van der Waals surface area contributed by atoms with Gasteiger partial charge in [0.15, 0.2) is 17.2 Å². The summed E-state index contributed by atoms with van der Waals surface area (Å²) >= 11 is 1.44. The van der Waals surface area contributed by atoms with E-state index in [9.17, 15) is 5.26 Å². The number of nitrogens with zero attached hydrogens (tertiary/aromatic N) is 5. The Balaban J connectivity index is 1.90. The van der Waals surface area contributed by atoms with Gasteiger partial charge in [0.2, 0.25) is 11.9 Å². The van der Waals surface area contributed by atoms with E-state index in [1.807, 2.05) is 30.5 Å². The van der Waals surface area contributed by atoms with E-state index in [1.165, 1.54) is 11.3 Å². The van der Waals surface area contributed by atoms with Crippen molar-refractivity contribution in [1.82, 2.24) is 20.0 Å². The second kappa shape index (κ2) is 4.82. The third-order valence-electron chi connectivity index (χ3n) is 3.21. The van der Waals surface area contributed by atoms with Gasteiger partial charge in [0.05, 0.1) is 5.69 Å². The number of thiazole rings is 1. The third-order valence-corrected chi connectivity index (χ3v) is 4.14. The summed E-state index contributed by atoms with van der Waals surface area (Å²) in [5, 5.41) is 19.9. The van der Waals surface area contributed by atoms with Gasteiger partial charge in [-0.3, -0.25) is 0 Å². The summed E-state index contributed by atoms with van der Waals surface area (Å²) < 4.78 is 12.3. The maximum Gasteiger partial charge on any atom is 0.231 e. The van der Waals surface area contributed by atoms with E-state index < -0.39 is 0 Å². The minimum atomic E-state index is 0.201. The predicted molar refractivity (Wildman–Crippen MR) is 78.0 cm³/mol. The quantitative estimate of drug-likeness (QED) is 0.722. The van der Waals surface area contributed by atoms with Gasteiger partial charge in [-0.1, -0.05) is 5.21 Å². The predicted octanol–water partition coefficient (Wildman–Crippen LogP) is 2.30. The molecule has 0 bridgehead atoms. The number of ether oxygens (including phenoxy) is 2. The molecule has 1 aliphatic rings. The van der Waals surface area contributed by atoms with Crippen molar-refractivity contribution < 1.29 is 9.47 Å². The molecule has 4 rings (SSSR count). The fourth-order valence-corrected chi connectivity index (χ4v) is 2.99. The Kier molecular flexibility index (Phi) is 2.80. The largest absolute Gasteiger partial charge is 0.454 e. The van der Waals surface area contributed by atoms with Gasteiger partial charge >= 0.3 is 0 Å². The Morgan fingerprint density at radius 3 is 2.95 bits per heavy atom. The van der Waals surface area contributed by atoms with Crippen LogP contribution in [-0.2, 0) is 0 Å². The summed E-state index contributed by atoms with van der Waals surface area (Å²) in [4.78, 5) is 4.40. The number of nitriles is 1. The molecule has 0 N–H and O–H groups in total. The summed E-state index contributed by atoms with van der Waals surface area (Å²) in [6.07, 6.45) is 0. The Morgan fingerprint density at radius 2 is 2.18 bits per heavy atom. The first-order valence-corrected chi connectivity index (χ1v) is 7.32. The zero-order chi connectivity index (χ0) is 15.1. The number of aryl methyl sites for hydroxylation is 1. The maximum absolute atomic E-state index is 9.30. The van der Waals surface area contributed by atoms with Gasteiger partial charge in [0.1, 0.15) is 11.8 Å². The second-order valence-electron chi connectivity index (χ2n) is 4.65. The van der Waals surface area contributed by atoms with Crippen LogP contribution in [0.5, 0.6) is 11.5 Å². The SMILES string of the molecule is Cc1csc(-n2nnc(C#N)c2-c2ccc3c(c2)OCO3)n1. The first-order chi connectivity index (χ1) is 10.8. The second-order valence-corrected chi connectivity index (χ2v) is 5.49. The molecule has 0 spiro atoms. The topological polar surface area (TPSA) is 85.9 Å². The molecule has 3 aromatic rings. The van der Waals surface area contributed by atoms with Gasteiger partial charge in [-0.2, -0.15) is 9.94 Å². The van der Waals surface area contributed by atoms with Crippen LogP contribution < -0.4 is 9.47 Å². The first kappa shape index (κ1) is 12.8. The van der Waals surface area contributed by atoms with Crippen LogP contribution in [0, 0.1) is 18.3 Å². The third kappa shape index (κ3) is 1.91. The van der Waals surface area contributed by atoms with Crippen LogP contribution in [0.3, 0.4) is 0 Å². The standard InChI is InChI=1S/C14H9N5O2S/c1-8-6-22-14(16-8)19-13(10(5-15)17-18-19)9-2-3-11-12(4-9)21-7-20-11/h2-4,6H,7H2,1H3. The molecule has 1 aromatic carbocycles. The maximum atomic E-state index is 9.30. The van der Waals surface area contributed by atoms with E-state index in [1.54, 1.807) is 4.68 Å². The van der Waals surface area contributed by atoms with Gasteiger partial charge in [0, 0.05) is 10.9 Å². The molecule has 0 saturated carbocycles.